The molecule has 5 rings (SSSR count). The molecule has 1 aliphatic carbocycles. The summed E-state index contributed by atoms with van der Waals surface area (Å²) < 4.78 is 6.38. The zero-order valence-corrected chi connectivity index (χ0v) is 18.7. The predicted octanol–water partition coefficient (Wildman–Crippen LogP) is 1.97. The summed E-state index contributed by atoms with van der Waals surface area (Å²) in [5.41, 5.74) is 13.6. The van der Waals surface area contributed by atoms with E-state index in [4.69, 9.17) is 16.2 Å². The second-order valence-corrected chi connectivity index (χ2v) is 8.92. The first-order valence-corrected chi connectivity index (χ1v) is 11.1. The summed E-state index contributed by atoms with van der Waals surface area (Å²) in [5.74, 6) is 1.45. The van der Waals surface area contributed by atoms with Crippen LogP contribution >= 0.6 is 15.9 Å². The van der Waals surface area contributed by atoms with Crippen molar-refractivity contribution in [3.05, 3.63) is 46.7 Å². The monoisotopic (exact) mass is 498 g/mol. The highest BCUT2D eigenvalue weighted by atomic mass is 79.9. The highest BCUT2D eigenvalue weighted by Gasteiger charge is 2.45. The fraction of sp³-hybridized carbons (Fsp3) is 0.318. The summed E-state index contributed by atoms with van der Waals surface area (Å²) in [6.07, 6.45) is 4.00. The van der Waals surface area contributed by atoms with Crippen molar-refractivity contribution in [3.8, 4) is 5.75 Å². The third-order valence-corrected chi connectivity index (χ3v) is 6.75. The van der Waals surface area contributed by atoms with E-state index < -0.39 is 12.2 Å². The molecule has 0 spiro atoms. The number of hydrogen-bond donors (Lipinski definition) is 4. The van der Waals surface area contributed by atoms with Crippen LogP contribution in [0.25, 0.3) is 17.0 Å². The molecule has 1 fully saturated rings. The van der Waals surface area contributed by atoms with Crippen molar-refractivity contribution in [1.29, 1.82) is 0 Å². The van der Waals surface area contributed by atoms with Crippen LogP contribution in [0.15, 0.2) is 41.1 Å². The Hall–Kier alpha value is -2.95. The normalized spacial score (nSPS) is 25.3. The standard InChI is InChI=1S/C22H23BrN6O3/c23-14-8-12-3-1-11(7-15(12)28-20(14)24)2-4-13-9-16(18(31)17(13)30)29-5-6-32-19-21(25)26-10-27-22(19)29/h1-4,7-8,10,13,16-18,30-31H,5-6,9H2,(H2,24,28)(H2,25,26,27)/b4-2+/t13-,16+,17+,18-/m0/s1. The summed E-state index contributed by atoms with van der Waals surface area (Å²) in [6, 6.07) is 7.53. The Kier molecular flexibility index (Phi) is 5.36. The lowest BCUT2D eigenvalue weighted by Crippen LogP contribution is -2.47. The maximum Gasteiger partial charge on any atom is 0.204 e. The van der Waals surface area contributed by atoms with E-state index in [0.29, 0.717) is 37.0 Å². The van der Waals surface area contributed by atoms with Crippen molar-refractivity contribution >= 4 is 50.4 Å². The molecule has 1 aromatic carbocycles. The Bertz CT molecular complexity index is 1210. The Morgan fingerprint density at radius 1 is 1.12 bits per heavy atom. The summed E-state index contributed by atoms with van der Waals surface area (Å²) in [7, 11) is 0. The quantitative estimate of drug-likeness (QED) is 0.425. The SMILES string of the molecule is Nc1nc2cc(/C=C/[C@H]3C[C@@H](N4CCOc5c(N)ncnc54)[C@H](O)[C@@H]3O)ccc2cc1Br. The molecule has 1 aliphatic heterocycles. The molecule has 0 unspecified atom stereocenters. The molecule has 0 amide bonds. The number of pyridine rings is 1. The molecule has 0 bridgehead atoms. The van der Waals surface area contributed by atoms with Gasteiger partial charge < -0.3 is 31.3 Å². The lowest BCUT2D eigenvalue weighted by Gasteiger charge is -2.36. The Labute approximate surface area is 192 Å². The van der Waals surface area contributed by atoms with Gasteiger partial charge in [0.15, 0.2) is 11.6 Å². The van der Waals surface area contributed by atoms with E-state index in [0.717, 1.165) is 20.9 Å². The first-order valence-electron chi connectivity index (χ1n) is 10.3. The van der Waals surface area contributed by atoms with Crippen molar-refractivity contribution in [2.75, 3.05) is 29.5 Å². The molecule has 0 radical (unpaired) electrons. The fourth-order valence-electron chi connectivity index (χ4n) is 4.45. The molecule has 32 heavy (non-hydrogen) atoms. The number of nitrogens with two attached hydrogens (primary N) is 2. The van der Waals surface area contributed by atoms with Crippen LogP contribution in [0.4, 0.5) is 17.5 Å². The number of benzene rings is 1. The number of rotatable bonds is 3. The molecule has 10 heteroatoms. The number of fused-ring (bicyclic) bond motifs is 2. The van der Waals surface area contributed by atoms with Crippen LogP contribution in [-0.4, -0.2) is 56.6 Å². The molecule has 6 N–H and O–H groups in total. The first-order chi connectivity index (χ1) is 15.4. The van der Waals surface area contributed by atoms with Crippen molar-refractivity contribution in [3.63, 3.8) is 0 Å². The first kappa shape index (κ1) is 20.9. The molecule has 1 saturated carbocycles. The zero-order chi connectivity index (χ0) is 22.4. The number of nitrogens with zero attached hydrogens (tertiary/aromatic N) is 4. The van der Waals surface area contributed by atoms with Crippen LogP contribution in [0, 0.1) is 5.92 Å². The average molecular weight is 499 g/mol. The van der Waals surface area contributed by atoms with E-state index in [1.807, 2.05) is 41.3 Å². The van der Waals surface area contributed by atoms with Gasteiger partial charge in [-0.2, -0.15) is 0 Å². The minimum Gasteiger partial charge on any atom is -0.485 e. The van der Waals surface area contributed by atoms with Gasteiger partial charge in [0.25, 0.3) is 0 Å². The number of aromatic nitrogens is 3. The second-order valence-electron chi connectivity index (χ2n) is 8.07. The van der Waals surface area contributed by atoms with E-state index in [2.05, 4.69) is 30.9 Å². The Morgan fingerprint density at radius 2 is 1.97 bits per heavy atom. The van der Waals surface area contributed by atoms with Crippen LogP contribution in [0.3, 0.4) is 0 Å². The molecule has 2 aromatic heterocycles. The van der Waals surface area contributed by atoms with E-state index >= 15 is 0 Å². The number of ether oxygens (including phenoxy) is 1. The van der Waals surface area contributed by atoms with Gasteiger partial charge in [-0.25, -0.2) is 15.0 Å². The van der Waals surface area contributed by atoms with E-state index in [1.54, 1.807) is 0 Å². The van der Waals surface area contributed by atoms with Crippen molar-refractivity contribution in [1.82, 2.24) is 15.0 Å². The molecule has 166 valence electrons. The van der Waals surface area contributed by atoms with Gasteiger partial charge in [0, 0.05) is 11.3 Å². The molecular formula is C22H23BrN6O3. The number of aliphatic hydroxyl groups is 2. The van der Waals surface area contributed by atoms with Crippen LogP contribution in [0.1, 0.15) is 12.0 Å². The summed E-state index contributed by atoms with van der Waals surface area (Å²) in [6.45, 7) is 0.954. The van der Waals surface area contributed by atoms with Gasteiger partial charge in [0.2, 0.25) is 5.75 Å². The van der Waals surface area contributed by atoms with E-state index in [1.165, 1.54) is 6.33 Å². The van der Waals surface area contributed by atoms with Gasteiger partial charge in [0.05, 0.1) is 28.7 Å². The minimum absolute atomic E-state index is 0.223. The van der Waals surface area contributed by atoms with Gasteiger partial charge >= 0.3 is 0 Å². The molecule has 9 nitrogen and oxygen atoms in total. The third-order valence-electron chi connectivity index (χ3n) is 6.12. The highest BCUT2D eigenvalue weighted by Crippen LogP contribution is 2.40. The summed E-state index contributed by atoms with van der Waals surface area (Å²) in [4.78, 5) is 14.6. The largest absolute Gasteiger partial charge is 0.485 e. The second kappa shape index (κ2) is 8.19. The maximum absolute atomic E-state index is 10.8. The maximum atomic E-state index is 10.8. The smallest absolute Gasteiger partial charge is 0.204 e. The molecular weight excluding hydrogens is 476 g/mol. The van der Waals surface area contributed by atoms with Crippen LogP contribution in [0.5, 0.6) is 5.75 Å². The van der Waals surface area contributed by atoms with Gasteiger partial charge in [-0.3, -0.25) is 0 Å². The van der Waals surface area contributed by atoms with Gasteiger partial charge in [-0.05, 0) is 40.0 Å². The lowest BCUT2D eigenvalue weighted by molar-refractivity contribution is 0.0220. The molecule has 3 aromatic rings. The summed E-state index contributed by atoms with van der Waals surface area (Å²) >= 11 is 3.40. The van der Waals surface area contributed by atoms with E-state index in [-0.39, 0.29) is 17.8 Å². The van der Waals surface area contributed by atoms with Gasteiger partial charge in [0.1, 0.15) is 24.9 Å². The number of anilines is 3. The topological polar surface area (TPSA) is 144 Å². The van der Waals surface area contributed by atoms with Crippen LogP contribution < -0.4 is 21.1 Å². The third kappa shape index (κ3) is 3.64. The highest BCUT2D eigenvalue weighted by molar-refractivity contribution is 9.10. The van der Waals surface area contributed by atoms with Crippen LogP contribution in [-0.2, 0) is 0 Å². The molecule has 2 aliphatic rings. The molecule has 0 saturated heterocycles. The number of halogens is 1. The molecule has 3 heterocycles. The van der Waals surface area contributed by atoms with Crippen molar-refractivity contribution in [2.45, 2.75) is 24.7 Å². The van der Waals surface area contributed by atoms with Crippen molar-refractivity contribution in [2.24, 2.45) is 5.92 Å². The number of hydrogen-bond acceptors (Lipinski definition) is 9. The predicted molar refractivity (Wildman–Crippen MR) is 126 cm³/mol. The zero-order valence-electron chi connectivity index (χ0n) is 17.1. The average Bonchev–Trinajstić information content (AvgIpc) is 3.07. The summed E-state index contributed by atoms with van der Waals surface area (Å²) in [5, 5.41) is 22.5. The van der Waals surface area contributed by atoms with Crippen LogP contribution in [0.2, 0.25) is 0 Å². The van der Waals surface area contributed by atoms with E-state index in [9.17, 15) is 10.2 Å². The minimum atomic E-state index is -0.929. The fourth-order valence-corrected chi connectivity index (χ4v) is 4.78. The lowest BCUT2D eigenvalue weighted by atomic mass is 10.0. The van der Waals surface area contributed by atoms with Gasteiger partial charge in [-0.1, -0.05) is 24.3 Å². The molecule has 4 atom stereocenters. The van der Waals surface area contributed by atoms with Gasteiger partial charge in [-0.15, -0.1) is 0 Å². The van der Waals surface area contributed by atoms with Crippen molar-refractivity contribution < 1.29 is 14.9 Å². The number of aliphatic hydroxyl groups excluding tert-OH is 2. The Balaban J connectivity index is 1.37. The Morgan fingerprint density at radius 3 is 2.81 bits per heavy atom. The number of nitrogen functional groups attached to an aromatic ring is 2.